The summed E-state index contributed by atoms with van der Waals surface area (Å²) >= 11 is 0. The average Bonchev–Trinajstić information content (AvgIpc) is 3.53. The maximum absolute atomic E-state index is 6.29. The third-order valence-electron chi connectivity index (χ3n) is 6.75. The Morgan fingerprint density at radius 3 is 2.46 bits per heavy atom. The van der Waals surface area contributed by atoms with Crippen molar-refractivity contribution in [2.45, 2.75) is 6.54 Å². The van der Waals surface area contributed by atoms with Gasteiger partial charge in [-0.3, -0.25) is 4.90 Å². The first-order chi connectivity index (χ1) is 17.3. The maximum Gasteiger partial charge on any atom is 0.231 e. The van der Waals surface area contributed by atoms with Crippen LogP contribution >= 0.6 is 0 Å². The number of nitrogens with zero attached hydrogens (tertiary/aromatic N) is 4. The molecule has 2 aromatic heterocycles. The number of hydrogen-bond donors (Lipinski definition) is 0. The Labute approximate surface area is 202 Å². The summed E-state index contributed by atoms with van der Waals surface area (Å²) in [5.41, 5.74) is 4.70. The molecule has 0 bridgehead atoms. The molecule has 7 heteroatoms. The van der Waals surface area contributed by atoms with Crippen LogP contribution in [0.15, 0.2) is 77.2 Å². The minimum atomic E-state index is 0.303. The van der Waals surface area contributed by atoms with E-state index in [2.05, 4.69) is 40.1 Å². The number of fused-ring (bicyclic) bond motifs is 4. The summed E-state index contributed by atoms with van der Waals surface area (Å²) in [6.07, 6.45) is 0. The molecule has 0 unspecified atom stereocenters. The largest absolute Gasteiger partial charge is 0.454 e. The second-order valence-electron chi connectivity index (χ2n) is 8.96. The number of para-hydroxylation sites is 1. The fraction of sp³-hybridized carbons (Fsp3) is 0.214. The molecule has 0 saturated carbocycles. The number of piperazine rings is 1. The number of benzene rings is 3. The topological polar surface area (TPSA) is 63.9 Å². The first kappa shape index (κ1) is 20.3. The minimum Gasteiger partial charge on any atom is -0.454 e. The summed E-state index contributed by atoms with van der Waals surface area (Å²) in [5.74, 6) is 3.25. The summed E-state index contributed by atoms with van der Waals surface area (Å²) in [6, 6.07) is 24.4. The van der Waals surface area contributed by atoms with E-state index in [1.54, 1.807) is 0 Å². The van der Waals surface area contributed by atoms with Crippen molar-refractivity contribution in [3.05, 3.63) is 78.4 Å². The Hall–Kier alpha value is -4.10. The lowest BCUT2D eigenvalue weighted by molar-refractivity contribution is 0.174. The van der Waals surface area contributed by atoms with Gasteiger partial charge < -0.3 is 18.8 Å². The van der Waals surface area contributed by atoms with Gasteiger partial charge in [0.15, 0.2) is 28.7 Å². The summed E-state index contributed by atoms with van der Waals surface area (Å²) in [7, 11) is 0. The first-order valence-electron chi connectivity index (χ1n) is 11.9. The minimum absolute atomic E-state index is 0.303. The molecule has 0 aliphatic carbocycles. The van der Waals surface area contributed by atoms with E-state index in [-0.39, 0.29) is 0 Å². The van der Waals surface area contributed by atoms with Crippen LogP contribution in [0.25, 0.3) is 33.5 Å². The highest BCUT2D eigenvalue weighted by Gasteiger charge is 2.25. The smallest absolute Gasteiger partial charge is 0.231 e. The normalized spacial score (nSPS) is 15.8. The molecule has 7 rings (SSSR count). The SMILES string of the molecule is c1ccc(-c2nc(N3CCN(Cc4ccc5c(c4)OCO5)CC3)c3oc4ccccc4c3n2)cc1. The van der Waals surface area contributed by atoms with E-state index in [1.165, 1.54) is 5.56 Å². The summed E-state index contributed by atoms with van der Waals surface area (Å²) < 4.78 is 17.3. The molecule has 2 aliphatic heterocycles. The van der Waals surface area contributed by atoms with Crippen LogP contribution in [0.1, 0.15) is 5.56 Å². The zero-order chi connectivity index (χ0) is 23.2. The van der Waals surface area contributed by atoms with Gasteiger partial charge in [0.05, 0.1) is 0 Å². The van der Waals surface area contributed by atoms with E-state index in [0.29, 0.717) is 6.79 Å². The monoisotopic (exact) mass is 464 g/mol. The fourth-order valence-corrected chi connectivity index (χ4v) is 4.92. The molecule has 7 nitrogen and oxygen atoms in total. The molecular formula is C28H24N4O3. The molecule has 0 amide bonds. The third-order valence-corrected chi connectivity index (χ3v) is 6.75. The van der Waals surface area contributed by atoms with Crippen LogP contribution in [-0.4, -0.2) is 47.8 Å². The zero-order valence-corrected chi connectivity index (χ0v) is 19.2. The van der Waals surface area contributed by atoms with Gasteiger partial charge in [0.25, 0.3) is 0 Å². The summed E-state index contributed by atoms with van der Waals surface area (Å²) in [4.78, 5) is 14.7. The van der Waals surface area contributed by atoms with E-state index < -0.39 is 0 Å². The molecule has 0 N–H and O–H groups in total. The van der Waals surface area contributed by atoms with Crippen molar-refractivity contribution in [3.63, 3.8) is 0 Å². The second kappa shape index (κ2) is 8.29. The van der Waals surface area contributed by atoms with Crippen molar-refractivity contribution in [1.29, 1.82) is 0 Å². The fourth-order valence-electron chi connectivity index (χ4n) is 4.92. The van der Waals surface area contributed by atoms with Crippen LogP contribution < -0.4 is 14.4 Å². The molecule has 2 aliphatic rings. The predicted molar refractivity (Wildman–Crippen MR) is 135 cm³/mol. The molecule has 0 atom stereocenters. The molecule has 0 spiro atoms. The van der Waals surface area contributed by atoms with Crippen LogP contribution in [0.3, 0.4) is 0 Å². The van der Waals surface area contributed by atoms with Gasteiger partial charge in [0.1, 0.15) is 11.1 Å². The Bertz CT molecular complexity index is 1520. The van der Waals surface area contributed by atoms with E-state index in [9.17, 15) is 0 Å². The lowest BCUT2D eigenvalue weighted by Crippen LogP contribution is -2.46. The molecule has 0 radical (unpaired) electrons. The van der Waals surface area contributed by atoms with Gasteiger partial charge in [-0.15, -0.1) is 0 Å². The van der Waals surface area contributed by atoms with Crippen molar-refractivity contribution in [1.82, 2.24) is 14.9 Å². The predicted octanol–water partition coefficient (Wildman–Crippen LogP) is 5.09. The van der Waals surface area contributed by atoms with Gasteiger partial charge in [0, 0.05) is 43.7 Å². The number of anilines is 1. The average molecular weight is 465 g/mol. The number of furan rings is 1. The highest BCUT2D eigenvalue weighted by atomic mass is 16.7. The zero-order valence-electron chi connectivity index (χ0n) is 19.2. The van der Waals surface area contributed by atoms with Gasteiger partial charge in [-0.05, 0) is 29.8 Å². The molecule has 4 heterocycles. The van der Waals surface area contributed by atoms with Gasteiger partial charge in [-0.2, -0.15) is 0 Å². The summed E-state index contributed by atoms with van der Waals surface area (Å²) in [5, 5.41) is 1.02. The van der Waals surface area contributed by atoms with Crippen LogP contribution in [0.2, 0.25) is 0 Å². The molecule has 1 fully saturated rings. The number of rotatable bonds is 4. The van der Waals surface area contributed by atoms with Crippen LogP contribution in [0.4, 0.5) is 5.82 Å². The van der Waals surface area contributed by atoms with Gasteiger partial charge in [0.2, 0.25) is 6.79 Å². The third kappa shape index (κ3) is 3.65. The van der Waals surface area contributed by atoms with Crippen LogP contribution in [0.5, 0.6) is 11.5 Å². The van der Waals surface area contributed by atoms with Crippen molar-refractivity contribution in [3.8, 4) is 22.9 Å². The Morgan fingerprint density at radius 1 is 0.771 bits per heavy atom. The van der Waals surface area contributed by atoms with E-state index in [1.807, 2.05) is 42.5 Å². The van der Waals surface area contributed by atoms with Crippen molar-refractivity contribution in [2.24, 2.45) is 0 Å². The first-order valence-corrected chi connectivity index (χ1v) is 11.9. The Kier molecular flexibility index (Phi) is 4.80. The number of ether oxygens (including phenoxy) is 2. The molecule has 1 saturated heterocycles. The lowest BCUT2D eigenvalue weighted by Gasteiger charge is -2.35. The highest BCUT2D eigenvalue weighted by Crippen LogP contribution is 2.36. The lowest BCUT2D eigenvalue weighted by atomic mass is 10.1. The van der Waals surface area contributed by atoms with Crippen LogP contribution in [0, 0.1) is 0 Å². The highest BCUT2D eigenvalue weighted by molar-refractivity contribution is 6.06. The molecule has 35 heavy (non-hydrogen) atoms. The van der Waals surface area contributed by atoms with E-state index in [0.717, 1.165) is 83.5 Å². The van der Waals surface area contributed by atoms with Gasteiger partial charge in [-0.1, -0.05) is 48.5 Å². The molecule has 3 aromatic carbocycles. The van der Waals surface area contributed by atoms with E-state index >= 15 is 0 Å². The standard InChI is InChI=1S/C28H24N4O3/c1-2-6-20(7-3-1)27-29-25-21-8-4-5-9-22(21)35-26(25)28(30-27)32-14-12-31(13-15-32)17-19-10-11-23-24(16-19)34-18-33-23/h1-11,16H,12-15,17-18H2. The molecular weight excluding hydrogens is 440 g/mol. The molecule has 174 valence electrons. The number of aromatic nitrogens is 2. The Balaban J connectivity index is 1.19. The van der Waals surface area contributed by atoms with Gasteiger partial charge >= 0.3 is 0 Å². The molecule has 5 aromatic rings. The Morgan fingerprint density at radius 2 is 1.57 bits per heavy atom. The van der Waals surface area contributed by atoms with Crippen molar-refractivity contribution < 1.29 is 13.9 Å². The van der Waals surface area contributed by atoms with Crippen LogP contribution in [-0.2, 0) is 6.54 Å². The van der Waals surface area contributed by atoms with E-state index in [4.69, 9.17) is 23.9 Å². The second-order valence-corrected chi connectivity index (χ2v) is 8.96. The maximum atomic E-state index is 6.29. The van der Waals surface area contributed by atoms with Crippen molar-refractivity contribution in [2.75, 3.05) is 37.9 Å². The quantitative estimate of drug-likeness (QED) is 0.367. The summed E-state index contributed by atoms with van der Waals surface area (Å²) in [6.45, 7) is 4.77. The van der Waals surface area contributed by atoms with Crippen molar-refractivity contribution >= 4 is 27.9 Å². The number of hydrogen-bond acceptors (Lipinski definition) is 7. The van der Waals surface area contributed by atoms with Gasteiger partial charge in [-0.25, -0.2) is 9.97 Å².